The van der Waals surface area contributed by atoms with Crippen molar-refractivity contribution in [3.8, 4) is 5.75 Å². The van der Waals surface area contributed by atoms with E-state index in [2.05, 4.69) is 22.3 Å². The molecule has 1 aromatic carbocycles. The zero-order valence-electron chi connectivity index (χ0n) is 20.9. The Balaban J connectivity index is 1.45. The highest BCUT2D eigenvalue weighted by molar-refractivity contribution is 5.84. The fourth-order valence-corrected chi connectivity index (χ4v) is 5.59. The highest BCUT2D eigenvalue weighted by Gasteiger charge is 2.44. The number of rotatable bonds is 3. The van der Waals surface area contributed by atoms with Crippen LogP contribution < -0.4 is 4.74 Å². The number of H-pyrrole nitrogens is 1. The highest BCUT2D eigenvalue weighted by Crippen LogP contribution is 2.38. The minimum atomic E-state index is -0.497. The molecule has 0 saturated carbocycles. The van der Waals surface area contributed by atoms with E-state index in [0.717, 1.165) is 67.8 Å². The molecule has 0 aliphatic carbocycles. The van der Waals surface area contributed by atoms with Crippen LogP contribution in [0.25, 0.3) is 0 Å². The number of benzene rings is 1. The Bertz CT molecular complexity index is 998. The molecule has 1 N–H and O–H groups in total. The third-order valence-electron chi connectivity index (χ3n) is 7.61. The van der Waals surface area contributed by atoms with Gasteiger partial charge in [-0.3, -0.25) is 14.7 Å². The Morgan fingerprint density at radius 1 is 1.15 bits per heavy atom. The monoisotopic (exact) mass is 466 g/mol. The fourth-order valence-electron chi connectivity index (χ4n) is 5.59. The van der Waals surface area contributed by atoms with Gasteiger partial charge in [0.05, 0.1) is 17.7 Å². The van der Waals surface area contributed by atoms with Gasteiger partial charge in [-0.15, -0.1) is 0 Å². The fraction of sp³-hybridized carbons (Fsp3) is 0.593. The number of nitrogens with one attached hydrogen (secondary N) is 1. The summed E-state index contributed by atoms with van der Waals surface area (Å²) in [5.41, 5.74) is 3.85. The van der Waals surface area contributed by atoms with Gasteiger partial charge < -0.3 is 14.5 Å². The van der Waals surface area contributed by atoms with Crippen molar-refractivity contribution in [2.75, 3.05) is 33.3 Å². The van der Waals surface area contributed by atoms with Crippen LogP contribution >= 0.6 is 0 Å². The predicted molar refractivity (Wildman–Crippen MR) is 132 cm³/mol. The second kappa shape index (κ2) is 10.6. The van der Waals surface area contributed by atoms with Crippen LogP contribution in [0.15, 0.2) is 24.3 Å². The van der Waals surface area contributed by atoms with Gasteiger partial charge in [-0.25, -0.2) is 0 Å². The molecule has 1 saturated heterocycles. The molecule has 2 amide bonds. The molecule has 1 fully saturated rings. The second-order valence-corrected chi connectivity index (χ2v) is 10.0. The molecule has 1 spiro atoms. The first-order chi connectivity index (χ1) is 16.4. The summed E-state index contributed by atoms with van der Waals surface area (Å²) in [5, 5.41) is 7.25. The number of nitrogens with zero attached hydrogens (tertiary/aromatic N) is 3. The lowest BCUT2D eigenvalue weighted by Gasteiger charge is -2.44. The maximum Gasteiger partial charge on any atom is 0.230 e. The van der Waals surface area contributed by atoms with Gasteiger partial charge in [-0.2, -0.15) is 5.10 Å². The number of hydrogen-bond donors (Lipinski definition) is 1. The highest BCUT2D eigenvalue weighted by atomic mass is 16.5. The molecule has 34 heavy (non-hydrogen) atoms. The van der Waals surface area contributed by atoms with E-state index in [4.69, 9.17) is 4.74 Å². The van der Waals surface area contributed by atoms with Crippen molar-refractivity contribution in [3.63, 3.8) is 0 Å². The van der Waals surface area contributed by atoms with E-state index in [9.17, 15) is 9.59 Å². The number of likely N-dealkylation sites (N-methyl/N-ethyl adjacent to an activating group) is 1. The Labute approximate surface area is 202 Å². The Kier molecular flexibility index (Phi) is 7.59. The average Bonchev–Trinajstić information content (AvgIpc) is 3.17. The van der Waals surface area contributed by atoms with Crippen LogP contribution in [0.1, 0.15) is 61.0 Å². The van der Waals surface area contributed by atoms with Crippen molar-refractivity contribution in [2.45, 2.75) is 65.2 Å². The van der Waals surface area contributed by atoms with E-state index < -0.39 is 5.41 Å². The van der Waals surface area contributed by atoms with Gasteiger partial charge in [0.2, 0.25) is 11.8 Å². The normalized spacial score (nSPS) is 22.0. The number of fused-ring (bicyclic) bond motifs is 1. The van der Waals surface area contributed by atoms with Crippen molar-refractivity contribution < 1.29 is 14.3 Å². The van der Waals surface area contributed by atoms with E-state index in [1.165, 1.54) is 5.56 Å². The van der Waals surface area contributed by atoms with Crippen LogP contribution in [0.3, 0.4) is 0 Å². The molecule has 3 heterocycles. The lowest BCUT2D eigenvalue weighted by Crippen LogP contribution is -2.54. The maximum atomic E-state index is 13.7. The number of carbonyl (C=O) groups excluding carboxylic acids is 2. The van der Waals surface area contributed by atoms with Gasteiger partial charge in [0.15, 0.2) is 0 Å². The third-order valence-corrected chi connectivity index (χ3v) is 7.61. The number of likely N-dealkylation sites (tertiary alicyclic amines) is 1. The van der Waals surface area contributed by atoms with E-state index in [-0.39, 0.29) is 11.8 Å². The van der Waals surface area contributed by atoms with Crippen molar-refractivity contribution >= 4 is 11.8 Å². The molecule has 0 bridgehead atoms. The quantitative estimate of drug-likeness (QED) is 0.746. The van der Waals surface area contributed by atoms with Crippen molar-refractivity contribution in [2.24, 2.45) is 5.41 Å². The molecule has 2 aliphatic rings. The largest absolute Gasteiger partial charge is 0.491 e. The van der Waals surface area contributed by atoms with E-state index >= 15 is 0 Å². The molecule has 184 valence electrons. The van der Waals surface area contributed by atoms with Gasteiger partial charge in [-0.05, 0) is 69.6 Å². The Hall–Kier alpha value is -2.83. The number of carbonyl (C=O) groups is 2. The lowest BCUT2D eigenvalue weighted by molar-refractivity contribution is -0.149. The number of para-hydroxylation sites is 1. The molecule has 2 aromatic rings. The van der Waals surface area contributed by atoms with Gasteiger partial charge in [0.1, 0.15) is 12.4 Å². The number of aromatic nitrogens is 2. The third kappa shape index (κ3) is 5.29. The van der Waals surface area contributed by atoms with Gasteiger partial charge >= 0.3 is 0 Å². The number of hydrogen-bond acceptors (Lipinski definition) is 4. The molecule has 7 heteroatoms. The smallest absolute Gasteiger partial charge is 0.230 e. The van der Waals surface area contributed by atoms with E-state index in [1.807, 2.05) is 42.8 Å². The maximum absolute atomic E-state index is 13.7. The molecule has 2 aliphatic heterocycles. The lowest BCUT2D eigenvalue weighted by atomic mass is 9.74. The molecule has 1 unspecified atom stereocenters. The number of piperidine rings is 1. The van der Waals surface area contributed by atoms with Crippen LogP contribution in [-0.4, -0.2) is 65.1 Å². The number of ether oxygens (including phenoxy) is 1. The zero-order chi connectivity index (χ0) is 24.1. The first kappa shape index (κ1) is 24.3. The summed E-state index contributed by atoms with van der Waals surface area (Å²) >= 11 is 0. The number of amides is 2. The summed E-state index contributed by atoms with van der Waals surface area (Å²) in [6.07, 6.45) is 6.58. The molecule has 1 aromatic heterocycles. The first-order valence-electron chi connectivity index (χ1n) is 12.6. The summed E-state index contributed by atoms with van der Waals surface area (Å²) in [6.45, 7) is 6.24. The zero-order valence-corrected chi connectivity index (χ0v) is 20.9. The first-order valence-corrected chi connectivity index (χ1v) is 12.6. The van der Waals surface area contributed by atoms with Crippen LogP contribution in [0.5, 0.6) is 5.75 Å². The summed E-state index contributed by atoms with van der Waals surface area (Å²) in [7, 11) is 1.87. The van der Waals surface area contributed by atoms with Crippen molar-refractivity contribution in [1.29, 1.82) is 0 Å². The molecular formula is C27H38N4O3. The average molecular weight is 467 g/mol. The SMILES string of the molecule is Cc1n[nH]c(C)c1CCC(=O)N1CCCC2(CCCCc3ccccc3OCCN(C)C2=O)C1. The number of aromatic amines is 1. The predicted octanol–water partition coefficient (Wildman–Crippen LogP) is 3.83. The molecule has 0 radical (unpaired) electrons. The van der Waals surface area contributed by atoms with Gasteiger partial charge in [0.25, 0.3) is 0 Å². The standard InChI is InChI=1S/C27H38N4O3/c1-20-23(21(2)29-28-20)12-13-25(32)31-16-8-15-27(19-31)14-7-6-10-22-9-4-5-11-24(22)34-18-17-30(3)26(27)33/h4-5,9,11H,6-8,10,12-19H2,1-3H3,(H,28,29). The Morgan fingerprint density at radius 2 is 1.94 bits per heavy atom. The molecule has 1 atom stereocenters. The summed E-state index contributed by atoms with van der Waals surface area (Å²) in [5.74, 6) is 1.22. The van der Waals surface area contributed by atoms with Crippen molar-refractivity contribution in [1.82, 2.24) is 20.0 Å². The van der Waals surface area contributed by atoms with Gasteiger partial charge in [0, 0.05) is 32.3 Å². The van der Waals surface area contributed by atoms with Crippen LogP contribution in [0.4, 0.5) is 0 Å². The minimum Gasteiger partial charge on any atom is -0.491 e. The summed E-state index contributed by atoms with van der Waals surface area (Å²) in [4.78, 5) is 30.7. The minimum absolute atomic E-state index is 0.137. The van der Waals surface area contributed by atoms with Gasteiger partial charge in [-0.1, -0.05) is 24.6 Å². The second-order valence-electron chi connectivity index (χ2n) is 10.0. The van der Waals surface area contributed by atoms with E-state index in [0.29, 0.717) is 32.5 Å². The van der Waals surface area contributed by atoms with Crippen molar-refractivity contribution in [3.05, 3.63) is 46.8 Å². The van der Waals surface area contributed by atoms with Crippen LogP contribution in [0.2, 0.25) is 0 Å². The molecule has 4 rings (SSSR count). The molecule has 7 nitrogen and oxygen atoms in total. The van der Waals surface area contributed by atoms with E-state index in [1.54, 1.807) is 0 Å². The Morgan fingerprint density at radius 3 is 2.74 bits per heavy atom. The molecular weight excluding hydrogens is 428 g/mol. The topological polar surface area (TPSA) is 78.5 Å². The van der Waals surface area contributed by atoms with Crippen LogP contribution in [-0.2, 0) is 22.4 Å². The number of aryl methyl sites for hydroxylation is 3. The van der Waals surface area contributed by atoms with Crippen LogP contribution in [0, 0.1) is 19.3 Å². The summed E-state index contributed by atoms with van der Waals surface area (Å²) in [6, 6.07) is 8.21. The summed E-state index contributed by atoms with van der Waals surface area (Å²) < 4.78 is 6.03.